The van der Waals surface area contributed by atoms with Crippen LogP contribution in [0.5, 0.6) is 0 Å². The number of fused-ring (bicyclic) bond motifs is 1. The highest BCUT2D eigenvalue weighted by molar-refractivity contribution is 9.10. The van der Waals surface area contributed by atoms with Gasteiger partial charge in [-0.1, -0.05) is 6.92 Å². The molecule has 0 radical (unpaired) electrons. The van der Waals surface area contributed by atoms with Gasteiger partial charge in [0.15, 0.2) is 0 Å². The first kappa shape index (κ1) is 12.5. The molecule has 2 aromatic heterocycles. The Morgan fingerprint density at radius 2 is 2.35 bits per heavy atom. The number of aliphatic hydroxyl groups is 1. The number of hydrogen-bond acceptors (Lipinski definition) is 3. The van der Waals surface area contributed by atoms with Gasteiger partial charge in [0.05, 0.1) is 18.5 Å². The first-order valence-electron chi connectivity index (χ1n) is 5.70. The summed E-state index contributed by atoms with van der Waals surface area (Å²) in [5.41, 5.74) is 2.02. The van der Waals surface area contributed by atoms with Crippen molar-refractivity contribution in [1.82, 2.24) is 14.7 Å². The van der Waals surface area contributed by atoms with Crippen LogP contribution >= 0.6 is 15.9 Å². The van der Waals surface area contributed by atoms with Gasteiger partial charge in [0.2, 0.25) is 0 Å². The van der Waals surface area contributed by atoms with Crippen LogP contribution in [0.15, 0.2) is 29.0 Å². The van der Waals surface area contributed by atoms with Crippen LogP contribution in [0.25, 0.3) is 5.65 Å². The Morgan fingerprint density at radius 1 is 1.53 bits per heavy atom. The SMILES string of the molecule is CCC(CO)NCc1cnc2ccc(Br)cn12. The second-order valence-corrected chi connectivity index (χ2v) is 4.91. The fourth-order valence-electron chi connectivity index (χ4n) is 1.72. The van der Waals surface area contributed by atoms with Gasteiger partial charge in [0.25, 0.3) is 0 Å². The molecule has 2 heterocycles. The van der Waals surface area contributed by atoms with Crippen LogP contribution in [0, 0.1) is 0 Å². The number of aliphatic hydroxyl groups excluding tert-OH is 1. The number of halogens is 1. The highest BCUT2D eigenvalue weighted by Crippen LogP contribution is 2.13. The molecule has 4 nitrogen and oxygen atoms in total. The lowest BCUT2D eigenvalue weighted by Gasteiger charge is -2.13. The Morgan fingerprint density at radius 3 is 3.06 bits per heavy atom. The first-order valence-corrected chi connectivity index (χ1v) is 6.49. The zero-order chi connectivity index (χ0) is 12.3. The Hall–Kier alpha value is -0.910. The molecule has 2 N–H and O–H groups in total. The monoisotopic (exact) mass is 297 g/mol. The lowest BCUT2D eigenvalue weighted by atomic mass is 10.2. The van der Waals surface area contributed by atoms with E-state index in [1.165, 1.54) is 0 Å². The van der Waals surface area contributed by atoms with Crippen molar-refractivity contribution in [3.63, 3.8) is 0 Å². The van der Waals surface area contributed by atoms with Gasteiger partial charge in [-0.15, -0.1) is 0 Å². The third-order valence-electron chi connectivity index (χ3n) is 2.83. The van der Waals surface area contributed by atoms with Gasteiger partial charge < -0.3 is 14.8 Å². The van der Waals surface area contributed by atoms with Crippen LogP contribution in [-0.4, -0.2) is 27.1 Å². The Bertz CT molecular complexity index is 493. The molecule has 0 aliphatic heterocycles. The number of rotatable bonds is 5. The molecule has 17 heavy (non-hydrogen) atoms. The standard InChI is InChI=1S/C12H16BrN3O/c1-2-10(8-17)14-5-11-6-15-12-4-3-9(13)7-16(11)12/h3-4,6-7,10,14,17H,2,5,8H2,1H3. The van der Waals surface area contributed by atoms with Gasteiger partial charge in [0, 0.05) is 23.3 Å². The van der Waals surface area contributed by atoms with E-state index >= 15 is 0 Å². The predicted octanol–water partition coefficient (Wildman–Crippen LogP) is 1.96. The maximum absolute atomic E-state index is 9.12. The summed E-state index contributed by atoms with van der Waals surface area (Å²) >= 11 is 3.45. The van der Waals surface area contributed by atoms with Crippen molar-refractivity contribution in [3.8, 4) is 0 Å². The fourth-order valence-corrected chi connectivity index (χ4v) is 2.06. The molecular formula is C12H16BrN3O. The molecule has 1 unspecified atom stereocenters. The van der Waals surface area contributed by atoms with Crippen molar-refractivity contribution < 1.29 is 5.11 Å². The third kappa shape index (κ3) is 2.86. The summed E-state index contributed by atoms with van der Waals surface area (Å²) in [4.78, 5) is 4.33. The number of nitrogens with zero attached hydrogens (tertiary/aromatic N) is 2. The zero-order valence-electron chi connectivity index (χ0n) is 9.73. The second-order valence-electron chi connectivity index (χ2n) is 3.99. The number of pyridine rings is 1. The molecule has 0 aromatic carbocycles. The minimum absolute atomic E-state index is 0.146. The molecule has 2 rings (SSSR count). The van der Waals surface area contributed by atoms with Crippen LogP contribution in [0.4, 0.5) is 0 Å². The van der Waals surface area contributed by atoms with E-state index in [0.717, 1.165) is 22.2 Å². The van der Waals surface area contributed by atoms with Crippen molar-refractivity contribution >= 4 is 21.6 Å². The molecule has 5 heteroatoms. The largest absolute Gasteiger partial charge is 0.395 e. The Kier molecular flexibility index (Phi) is 4.15. The summed E-state index contributed by atoms with van der Waals surface area (Å²) < 4.78 is 3.07. The van der Waals surface area contributed by atoms with Crippen LogP contribution in [0.1, 0.15) is 19.0 Å². The van der Waals surface area contributed by atoms with E-state index in [-0.39, 0.29) is 12.6 Å². The van der Waals surface area contributed by atoms with Crippen molar-refractivity contribution in [2.24, 2.45) is 0 Å². The molecule has 0 fully saturated rings. The molecule has 0 saturated carbocycles. The van der Waals surface area contributed by atoms with E-state index in [0.29, 0.717) is 6.54 Å². The molecule has 0 amide bonds. The topological polar surface area (TPSA) is 49.6 Å². The molecule has 92 valence electrons. The van der Waals surface area contributed by atoms with Crippen LogP contribution in [-0.2, 0) is 6.54 Å². The van der Waals surface area contributed by atoms with Crippen LogP contribution in [0.3, 0.4) is 0 Å². The molecular weight excluding hydrogens is 282 g/mol. The molecule has 0 aliphatic rings. The van der Waals surface area contributed by atoms with Crippen LogP contribution < -0.4 is 5.32 Å². The van der Waals surface area contributed by atoms with Gasteiger partial charge in [-0.2, -0.15) is 0 Å². The van der Waals surface area contributed by atoms with Gasteiger partial charge in [-0.25, -0.2) is 4.98 Å². The molecule has 0 aliphatic carbocycles. The normalized spacial score (nSPS) is 13.1. The van der Waals surface area contributed by atoms with Crippen LogP contribution in [0.2, 0.25) is 0 Å². The zero-order valence-corrected chi connectivity index (χ0v) is 11.3. The van der Waals surface area contributed by atoms with E-state index < -0.39 is 0 Å². The summed E-state index contributed by atoms with van der Waals surface area (Å²) in [5, 5.41) is 12.4. The van der Waals surface area contributed by atoms with E-state index in [1.54, 1.807) is 0 Å². The summed E-state index contributed by atoms with van der Waals surface area (Å²) in [6.07, 6.45) is 4.77. The lowest BCUT2D eigenvalue weighted by Crippen LogP contribution is -2.31. The summed E-state index contributed by atoms with van der Waals surface area (Å²) in [6.45, 7) is 2.92. The minimum atomic E-state index is 0.146. The number of imidazole rings is 1. The van der Waals surface area contributed by atoms with Crippen molar-refractivity contribution in [2.75, 3.05) is 6.61 Å². The number of hydrogen-bond donors (Lipinski definition) is 2. The van der Waals surface area contributed by atoms with Gasteiger partial charge in [-0.05, 0) is 34.5 Å². The average molecular weight is 298 g/mol. The second kappa shape index (κ2) is 5.62. The summed E-state index contributed by atoms with van der Waals surface area (Å²) in [7, 11) is 0. The minimum Gasteiger partial charge on any atom is -0.395 e. The van der Waals surface area contributed by atoms with Gasteiger partial charge >= 0.3 is 0 Å². The average Bonchev–Trinajstić information content (AvgIpc) is 2.73. The van der Waals surface area contributed by atoms with Crippen molar-refractivity contribution in [2.45, 2.75) is 25.9 Å². The molecule has 1 atom stereocenters. The van der Waals surface area contributed by atoms with Crippen molar-refractivity contribution in [3.05, 3.63) is 34.7 Å². The Labute approximate surface area is 109 Å². The van der Waals surface area contributed by atoms with E-state index in [4.69, 9.17) is 5.11 Å². The van der Waals surface area contributed by atoms with Crippen molar-refractivity contribution in [1.29, 1.82) is 0 Å². The third-order valence-corrected chi connectivity index (χ3v) is 3.30. The number of aromatic nitrogens is 2. The maximum Gasteiger partial charge on any atom is 0.136 e. The quantitative estimate of drug-likeness (QED) is 0.887. The summed E-state index contributed by atoms with van der Waals surface area (Å²) in [6, 6.07) is 4.09. The van der Waals surface area contributed by atoms with Gasteiger partial charge in [-0.3, -0.25) is 0 Å². The first-order chi connectivity index (χ1) is 8.24. The van der Waals surface area contributed by atoms with E-state index in [2.05, 4.69) is 33.2 Å². The van der Waals surface area contributed by atoms with E-state index in [1.807, 2.05) is 28.9 Å². The van der Waals surface area contributed by atoms with E-state index in [9.17, 15) is 0 Å². The molecule has 2 aromatic rings. The highest BCUT2D eigenvalue weighted by atomic mass is 79.9. The van der Waals surface area contributed by atoms with Gasteiger partial charge in [0.1, 0.15) is 5.65 Å². The predicted molar refractivity (Wildman–Crippen MR) is 70.9 cm³/mol. The Balaban J connectivity index is 2.16. The number of nitrogens with one attached hydrogen (secondary N) is 1. The maximum atomic E-state index is 9.12. The fraction of sp³-hybridized carbons (Fsp3) is 0.417. The summed E-state index contributed by atoms with van der Waals surface area (Å²) in [5.74, 6) is 0. The smallest absolute Gasteiger partial charge is 0.136 e. The molecule has 0 spiro atoms. The molecule has 0 saturated heterocycles. The molecule has 0 bridgehead atoms. The lowest BCUT2D eigenvalue weighted by molar-refractivity contribution is 0.238. The highest BCUT2D eigenvalue weighted by Gasteiger charge is 2.07.